The number of epoxide rings is 2. The highest BCUT2D eigenvalue weighted by molar-refractivity contribution is 4.86. The third-order valence-corrected chi connectivity index (χ3v) is 1.13. The highest BCUT2D eigenvalue weighted by Gasteiger charge is 2.41. The molecule has 6 heavy (non-hydrogen) atoms. The predicted molar refractivity (Wildman–Crippen MR) is 19.5 cm³/mol. The lowest BCUT2D eigenvalue weighted by molar-refractivity contribution is 0.325. The highest BCUT2D eigenvalue weighted by atomic mass is 16.6. The molecule has 2 heterocycles. The van der Waals surface area contributed by atoms with Gasteiger partial charge in [0.1, 0.15) is 12.2 Å². The van der Waals surface area contributed by atoms with Crippen LogP contribution in [0.25, 0.3) is 0 Å². The lowest BCUT2D eigenvalue weighted by Crippen LogP contribution is -1.92. The Bertz CT molecular complexity index is 53.9. The molecule has 2 rings (SSSR count). The largest absolute Gasteiger partial charge is 0.370 e. The van der Waals surface area contributed by atoms with Crippen LogP contribution in [0.3, 0.4) is 0 Å². The molecule has 2 aliphatic rings. The summed E-state index contributed by atoms with van der Waals surface area (Å²) in [5.74, 6) is 0. The van der Waals surface area contributed by atoms with E-state index in [0.717, 1.165) is 13.2 Å². The van der Waals surface area contributed by atoms with E-state index in [9.17, 15) is 0 Å². The molecule has 0 aliphatic carbocycles. The first kappa shape index (κ1) is 2.99. The minimum Gasteiger partial charge on any atom is -0.370 e. The highest BCUT2D eigenvalue weighted by Crippen LogP contribution is 2.25. The molecule has 2 saturated heterocycles. The summed E-state index contributed by atoms with van der Waals surface area (Å²) in [5.41, 5.74) is 0. The van der Waals surface area contributed by atoms with Crippen LogP contribution in [-0.4, -0.2) is 25.4 Å². The molecule has 0 amide bonds. The van der Waals surface area contributed by atoms with Crippen molar-refractivity contribution in [3.63, 3.8) is 0 Å². The predicted octanol–water partition coefficient (Wildman–Crippen LogP) is -0.216. The molecular formula is C4H6O2. The number of hydrogen-bond acceptors (Lipinski definition) is 2. The third-order valence-electron chi connectivity index (χ3n) is 1.13. The van der Waals surface area contributed by atoms with E-state index in [0.29, 0.717) is 12.2 Å². The third kappa shape index (κ3) is 0.340. The summed E-state index contributed by atoms with van der Waals surface area (Å²) in [7, 11) is 0. The Labute approximate surface area is 36.0 Å². The average molecular weight is 86.1 g/mol. The number of rotatable bonds is 1. The smallest absolute Gasteiger partial charge is 0.109 e. The van der Waals surface area contributed by atoms with Gasteiger partial charge >= 0.3 is 0 Å². The molecule has 34 valence electrons. The lowest BCUT2D eigenvalue weighted by Gasteiger charge is -1.70. The molecule has 2 fully saturated rings. The van der Waals surface area contributed by atoms with Gasteiger partial charge < -0.3 is 9.47 Å². The van der Waals surface area contributed by atoms with Crippen LogP contribution >= 0.6 is 0 Å². The quantitative estimate of drug-likeness (QED) is 0.412. The second kappa shape index (κ2) is 0.768. The molecule has 1 unspecified atom stereocenters. The van der Waals surface area contributed by atoms with Crippen LogP contribution in [0.4, 0.5) is 0 Å². The van der Waals surface area contributed by atoms with Crippen LogP contribution < -0.4 is 0 Å². The molecule has 0 aromatic carbocycles. The summed E-state index contributed by atoms with van der Waals surface area (Å²) in [4.78, 5) is 0. The van der Waals surface area contributed by atoms with Crippen molar-refractivity contribution in [2.45, 2.75) is 12.2 Å². The van der Waals surface area contributed by atoms with Crippen LogP contribution in [0.15, 0.2) is 0 Å². The van der Waals surface area contributed by atoms with Crippen LogP contribution in [0.2, 0.25) is 0 Å². The first-order valence-corrected chi connectivity index (χ1v) is 2.20. The van der Waals surface area contributed by atoms with Gasteiger partial charge in [0.05, 0.1) is 13.2 Å². The van der Waals surface area contributed by atoms with Crippen LogP contribution in [0, 0.1) is 0 Å². The zero-order valence-corrected chi connectivity index (χ0v) is 3.39. The van der Waals surface area contributed by atoms with Gasteiger partial charge in [0.2, 0.25) is 0 Å². The molecule has 0 aromatic rings. The van der Waals surface area contributed by atoms with Gasteiger partial charge in [-0.1, -0.05) is 0 Å². The topological polar surface area (TPSA) is 25.1 Å². The van der Waals surface area contributed by atoms with Crippen molar-refractivity contribution in [2.24, 2.45) is 0 Å². The second-order valence-corrected chi connectivity index (χ2v) is 1.74. The molecule has 0 N–H and O–H groups in total. The Balaban J connectivity index is 1.92. The SMILES string of the molecule is C1OC1[C@@H]1CO1. The van der Waals surface area contributed by atoms with Crippen molar-refractivity contribution in [3.8, 4) is 0 Å². The van der Waals surface area contributed by atoms with Gasteiger partial charge in [-0.3, -0.25) is 0 Å². The molecule has 0 spiro atoms. The van der Waals surface area contributed by atoms with Crippen molar-refractivity contribution < 1.29 is 9.47 Å². The fourth-order valence-electron chi connectivity index (χ4n) is 0.540. The molecule has 0 bridgehead atoms. The molecule has 2 heteroatoms. The van der Waals surface area contributed by atoms with Crippen molar-refractivity contribution in [2.75, 3.05) is 13.2 Å². The van der Waals surface area contributed by atoms with Crippen molar-refractivity contribution >= 4 is 0 Å². The number of hydrogen-bond donors (Lipinski definition) is 0. The fraction of sp³-hybridized carbons (Fsp3) is 1.00. The summed E-state index contributed by atoms with van der Waals surface area (Å²) in [6.45, 7) is 1.87. The fourth-order valence-corrected chi connectivity index (χ4v) is 0.540. The van der Waals surface area contributed by atoms with Gasteiger partial charge in [-0.2, -0.15) is 0 Å². The Morgan fingerprint density at radius 3 is 1.50 bits per heavy atom. The molecule has 2 atom stereocenters. The Hall–Kier alpha value is -0.0800. The molecule has 0 radical (unpaired) electrons. The summed E-state index contributed by atoms with van der Waals surface area (Å²) in [6.07, 6.45) is 0.981. The van der Waals surface area contributed by atoms with Gasteiger partial charge in [0, 0.05) is 0 Å². The first-order valence-electron chi connectivity index (χ1n) is 2.20. The van der Waals surface area contributed by atoms with Gasteiger partial charge in [-0.15, -0.1) is 0 Å². The zero-order valence-electron chi connectivity index (χ0n) is 3.39. The van der Waals surface area contributed by atoms with Crippen molar-refractivity contribution in [1.82, 2.24) is 0 Å². The van der Waals surface area contributed by atoms with Gasteiger partial charge in [-0.25, -0.2) is 0 Å². The van der Waals surface area contributed by atoms with E-state index in [-0.39, 0.29) is 0 Å². The van der Waals surface area contributed by atoms with E-state index < -0.39 is 0 Å². The van der Waals surface area contributed by atoms with Crippen LogP contribution in [-0.2, 0) is 9.47 Å². The molecule has 0 saturated carbocycles. The van der Waals surface area contributed by atoms with Crippen LogP contribution in [0.5, 0.6) is 0 Å². The van der Waals surface area contributed by atoms with Crippen LogP contribution in [0.1, 0.15) is 0 Å². The summed E-state index contributed by atoms with van der Waals surface area (Å²) in [5, 5.41) is 0. The standard InChI is InChI=1S/C4H6O2/c1-3(5-1)4-2-6-4/h3-4H,1-2H2/t3-,4?/m0/s1. The minimum absolute atomic E-state index is 0.491. The van der Waals surface area contributed by atoms with E-state index >= 15 is 0 Å². The van der Waals surface area contributed by atoms with E-state index in [1.807, 2.05) is 0 Å². The van der Waals surface area contributed by atoms with Gasteiger partial charge in [0.15, 0.2) is 0 Å². The van der Waals surface area contributed by atoms with Crippen molar-refractivity contribution in [3.05, 3.63) is 0 Å². The van der Waals surface area contributed by atoms with Crippen molar-refractivity contribution in [1.29, 1.82) is 0 Å². The van der Waals surface area contributed by atoms with Gasteiger partial charge in [0.25, 0.3) is 0 Å². The Morgan fingerprint density at radius 1 is 1.00 bits per heavy atom. The molecule has 2 aliphatic heterocycles. The first-order chi connectivity index (χ1) is 2.97. The summed E-state index contributed by atoms with van der Waals surface area (Å²) in [6, 6.07) is 0. The monoisotopic (exact) mass is 86.0 g/mol. The van der Waals surface area contributed by atoms with E-state index in [1.165, 1.54) is 0 Å². The summed E-state index contributed by atoms with van der Waals surface area (Å²) >= 11 is 0. The number of ether oxygens (including phenoxy) is 2. The van der Waals surface area contributed by atoms with E-state index in [2.05, 4.69) is 0 Å². The van der Waals surface area contributed by atoms with E-state index in [4.69, 9.17) is 9.47 Å². The maximum atomic E-state index is 4.91. The molecular weight excluding hydrogens is 80.0 g/mol. The maximum Gasteiger partial charge on any atom is 0.109 e. The molecule has 0 aromatic heterocycles. The maximum absolute atomic E-state index is 4.91. The second-order valence-electron chi connectivity index (χ2n) is 1.74. The van der Waals surface area contributed by atoms with E-state index in [1.54, 1.807) is 0 Å². The van der Waals surface area contributed by atoms with Gasteiger partial charge in [-0.05, 0) is 0 Å². The minimum atomic E-state index is 0.491. The lowest BCUT2D eigenvalue weighted by atomic mass is 10.4. The average Bonchev–Trinajstić information content (AvgIpc) is 2.26. The summed E-state index contributed by atoms with van der Waals surface area (Å²) < 4.78 is 9.81. The Kier molecular flexibility index (Phi) is 0.383. The molecule has 2 nitrogen and oxygen atoms in total. The zero-order chi connectivity index (χ0) is 3.98. The normalized spacial score (nSPS) is 52.0. The Morgan fingerprint density at radius 2 is 1.33 bits per heavy atom.